The molecule has 0 atom stereocenters. The highest BCUT2D eigenvalue weighted by Crippen LogP contribution is 2.41. The molecule has 0 radical (unpaired) electrons. The first-order chi connectivity index (χ1) is 12.1. The summed E-state index contributed by atoms with van der Waals surface area (Å²) < 4.78 is 48.9. The third kappa shape index (κ3) is 3.49. The second kappa shape index (κ2) is 7.67. The van der Waals surface area contributed by atoms with Crippen LogP contribution < -0.4 is 4.74 Å². The molecule has 1 fully saturated rings. The second-order valence-corrected chi connectivity index (χ2v) is 7.01. The van der Waals surface area contributed by atoms with Crippen LogP contribution in [0.1, 0.15) is 63.9 Å². The van der Waals surface area contributed by atoms with E-state index in [0.717, 1.165) is 32.1 Å². The van der Waals surface area contributed by atoms with Crippen molar-refractivity contribution in [1.82, 2.24) is 0 Å². The number of hydrogen-bond donors (Lipinski definition) is 0. The Morgan fingerprint density at radius 2 is 1.68 bits per heavy atom. The van der Waals surface area contributed by atoms with Crippen molar-refractivity contribution < 1.29 is 17.9 Å². The molecule has 1 nitrogen and oxygen atoms in total. The molecule has 4 heteroatoms. The fourth-order valence-corrected chi connectivity index (χ4v) is 4.12. The van der Waals surface area contributed by atoms with E-state index < -0.39 is 17.5 Å². The van der Waals surface area contributed by atoms with Gasteiger partial charge in [0.05, 0.1) is 12.0 Å². The van der Waals surface area contributed by atoms with E-state index in [2.05, 4.69) is 6.92 Å². The molecular weight excluding hydrogens is 325 g/mol. The van der Waals surface area contributed by atoms with E-state index in [0.29, 0.717) is 16.9 Å². The average Bonchev–Trinajstić information content (AvgIpc) is 2.61. The molecule has 0 amide bonds. The standard InChI is InChI=1S/C21H25F3O/c1-3-5-13-6-8-14(9-7-13)16-12-15-10-11-17(25-4-2)20(23)18(15)21(24)19(16)22/h10-14H,3-9H2,1-2H3. The molecule has 0 bridgehead atoms. The van der Waals surface area contributed by atoms with Crippen LogP contribution in [-0.2, 0) is 0 Å². The molecule has 0 aliphatic heterocycles. The van der Waals surface area contributed by atoms with Gasteiger partial charge in [-0.2, -0.15) is 0 Å². The predicted molar refractivity (Wildman–Crippen MR) is 94.6 cm³/mol. The molecular formula is C21H25F3O. The normalized spacial score (nSPS) is 20.8. The number of halogens is 3. The van der Waals surface area contributed by atoms with Gasteiger partial charge in [0, 0.05) is 0 Å². The second-order valence-electron chi connectivity index (χ2n) is 7.01. The van der Waals surface area contributed by atoms with Crippen molar-refractivity contribution in [3.8, 4) is 5.75 Å². The predicted octanol–water partition coefficient (Wildman–Crippen LogP) is 6.73. The molecule has 0 saturated heterocycles. The maximum Gasteiger partial charge on any atom is 0.175 e. The van der Waals surface area contributed by atoms with Crippen molar-refractivity contribution >= 4 is 10.8 Å². The number of hydrogen-bond acceptors (Lipinski definition) is 1. The van der Waals surface area contributed by atoms with E-state index in [-0.39, 0.29) is 23.7 Å². The fraction of sp³-hybridized carbons (Fsp3) is 0.524. The molecule has 1 aliphatic carbocycles. The van der Waals surface area contributed by atoms with Crippen molar-refractivity contribution in [1.29, 1.82) is 0 Å². The minimum atomic E-state index is -1.10. The topological polar surface area (TPSA) is 9.23 Å². The summed E-state index contributed by atoms with van der Waals surface area (Å²) in [7, 11) is 0. The molecule has 2 aromatic carbocycles. The van der Waals surface area contributed by atoms with Gasteiger partial charge in [-0.3, -0.25) is 0 Å². The van der Waals surface area contributed by atoms with E-state index in [4.69, 9.17) is 4.74 Å². The van der Waals surface area contributed by atoms with Crippen LogP contribution >= 0.6 is 0 Å². The summed E-state index contributed by atoms with van der Waals surface area (Å²) in [4.78, 5) is 0. The molecule has 1 aliphatic rings. The zero-order chi connectivity index (χ0) is 18.0. The summed E-state index contributed by atoms with van der Waals surface area (Å²) in [5.74, 6) is -2.15. The van der Waals surface area contributed by atoms with Gasteiger partial charge in [0.1, 0.15) is 0 Å². The molecule has 0 unspecified atom stereocenters. The summed E-state index contributed by atoms with van der Waals surface area (Å²) in [6, 6.07) is 4.72. The molecule has 0 spiro atoms. The number of rotatable bonds is 5. The summed E-state index contributed by atoms with van der Waals surface area (Å²) in [6.45, 7) is 4.17. The molecule has 1 saturated carbocycles. The highest BCUT2D eigenvalue weighted by atomic mass is 19.2. The Morgan fingerprint density at radius 1 is 0.960 bits per heavy atom. The molecule has 136 valence electrons. The van der Waals surface area contributed by atoms with Gasteiger partial charge >= 0.3 is 0 Å². The Bertz CT molecular complexity index is 749. The number of fused-ring (bicyclic) bond motifs is 1. The zero-order valence-electron chi connectivity index (χ0n) is 14.9. The van der Waals surface area contributed by atoms with E-state index in [1.165, 1.54) is 12.5 Å². The number of benzene rings is 2. The third-order valence-corrected chi connectivity index (χ3v) is 5.40. The van der Waals surface area contributed by atoms with Crippen molar-refractivity contribution in [3.05, 3.63) is 41.2 Å². The van der Waals surface area contributed by atoms with Crippen LogP contribution in [0.4, 0.5) is 13.2 Å². The molecule has 2 aromatic rings. The van der Waals surface area contributed by atoms with Gasteiger partial charge in [0.15, 0.2) is 23.2 Å². The molecule has 0 N–H and O–H groups in total. The van der Waals surface area contributed by atoms with Crippen LogP contribution in [0, 0.1) is 23.4 Å². The highest BCUT2D eigenvalue weighted by molar-refractivity contribution is 5.86. The Hall–Kier alpha value is -1.71. The first kappa shape index (κ1) is 18.1. The average molecular weight is 350 g/mol. The van der Waals surface area contributed by atoms with Gasteiger partial charge in [-0.1, -0.05) is 25.8 Å². The highest BCUT2D eigenvalue weighted by Gasteiger charge is 2.27. The van der Waals surface area contributed by atoms with Gasteiger partial charge in [0.25, 0.3) is 0 Å². The van der Waals surface area contributed by atoms with Crippen molar-refractivity contribution in [2.45, 2.75) is 58.3 Å². The van der Waals surface area contributed by atoms with Gasteiger partial charge in [0.2, 0.25) is 0 Å². The molecule has 0 heterocycles. The minimum Gasteiger partial charge on any atom is -0.491 e. The van der Waals surface area contributed by atoms with Gasteiger partial charge in [-0.25, -0.2) is 13.2 Å². The Labute approximate surface area is 147 Å². The van der Waals surface area contributed by atoms with Crippen molar-refractivity contribution in [2.75, 3.05) is 6.61 Å². The van der Waals surface area contributed by atoms with Crippen LogP contribution in [0.5, 0.6) is 5.75 Å². The van der Waals surface area contributed by atoms with Gasteiger partial charge < -0.3 is 4.74 Å². The maximum atomic E-state index is 14.7. The third-order valence-electron chi connectivity index (χ3n) is 5.40. The molecule has 25 heavy (non-hydrogen) atoms. The summed E-state index contributed by atoms with van der Waals surface area (Å²) >= 11 is 0. The fourth-order valence-electron chi connectivity index (χ4n) is 4.12. The van der Waals surface area contributed by atoms with E-state index in [1.54, 1.807) is 19.1 Å². The van der Waals surface area contributed by atoms with Crippen LogP contribution in [0.25, 0.3) is 10.8 Å². The van der Waals surface area contributed by atoms with Crippen LogP contribution in [0.3, 0.4) is 0 Å². The lowest BCUT2D eigenvalue weighted by Gasteiger charge is -2.29. The summed E-state index contributed by atoms with van der Waals surface area (Å²) in [5.41, 5.74) is 0.392. The SMILES string of the molecule is CCCC1CCC(c2cc3ccc(OCC)c(F)c3c(F)c2F)CC1. The number of ether oxygens (including phenoxy) is 1. The lowest BCUT2D eigenvalue weighted by atomic mass is 9.77. The Morgan fingerprint density at radius 3 is 2.32 bits per heavy atom. The lowest BCUT2D eigenvalue weighted by Crippen LogP contribution is -2.15. The minimum absolute atomic E-state index is 0.0154. The zero-order valence-corrected chi connectivity index (χ0v) is 14.9. The largest absolute Gasteiger partial charge is 0.491 e. The summed E-state index contributed by atoms with van der Waals surface area (Å²) in [6.07, 6.45) is 6.20. The van der Waals surface area contributed by atoms with E-state index in [9.17, 15) is 13.2 Å². The van der Waals surface area contributed by atoms with Crippen molar-refractivity contribution in [3.63, 3.8) is 0 Å². The molecule has 0 aromatic heterocycles. The first-order valence-corrected chi connectivity index (χ1v) is 9.29. The van der Waals surface area contributed by atoms with Crippen molar-refractivity contribution in [2.24, 2.45) is 5.92 Å². The maximum absolute atomic E-state index is 14.7. The summed E-state index contributed by atoms with van der Waals surface area (Å²) in [5, 5.41) is 0.0809. The quantitative estimate of drug-likeness (QED) is 0.581. The lowest BCUT2D eigenvalue weighted by molar-refractivity contribution is 0.303. The molecule has 3 rings (SSSR count). The smallest absolute Gasteiger partial charge is 0.175 e. The van der Waals surface area contributed by atoms with Crippen LogP contribution in [-0.4, -0.2) is 6.61 Å². The van der Waals surface area contributed by atoms with Crippen LogP contribution in [0.15, 0.2) is 18.2 Å². The van der Waals surface area contributed by atoms with Gasteiger partial charge in [-0.05, 0) is 67.5 Å². The van der Waals surface area contributed by atoms with E-state index >= 15 is 0 Å². The monoisotopic (exact) mass is 350 g/mol. The first-order valence-electron chi connectivity index (χ1n) is 9.29. The van der Waals surface area contributed by atoms with Gasteiger partial charge in [-0.15, -0.1) is 0 Å². The Balaban J connectivity index is 1.96. The van der Waals surface area contributed by atoms with E-state index in [1.807, 2.05) is 0 Å². The van der Waals surface area contributed by atoms with Crippen LogP contribution in [0.2, 0.25) is 0 Å². The Kier molecular flexibility index (Phi) is 5.55.